The Balaban J connectivity index is 1.43. The number of carbonyl (C=O) groups excluding carboxylic acids is 1. The normalized spacial score (nSPS) is 16.3. The summed E-state index contributed by atoms with van der Waals surface area (Å²) in [6.07, 6.45) is 2.65. The van der Waals surface area contributed by atoms with Crippen LogP contribution in [0.25, 0.3) is 11.0 Å². The van der Waals surface area contributed by atoms with E-state index in [0.29, 0.717) is 0 Å². The van der Waals surface area contributed by atoms with Gasteiger partial charge < -0.3 is 9.88 Å². The number of nitrogens with one attached hydrogen (secondary N) is 1. The van der Waals surface area contributed by atoms with Gasteiger partial charge in [0.05, 0.1) is 28.6 Å². The van der Waals surface area contributed by atoms with Crippen molar-refractivity contribution in [2.45, 2.75) is 19.9 Å². The Morgan fingerprint density at radius 2 is 2.16 bits per heavy atom. The number of aryl methyl sites for hydroxylation is 1. The molecule has 0 saturated carbocycles. The number of hydrogen-bond donors (Lipinski definition) is 1. The average Bonchev–Trinajstić information content (AvgIpc) is 3.18. The molecular formula is C18H21N5OS. The molecule has 7 heteroatoms. The van der Waals surface area contributed by atoms with Gasteiger partial charge in [0.2, 0.25) is 0 Å². The van der Waals surface area contributed by atoms with Gasteiger partial charge >= 0.3 is 0 Å². The van der Waals surface area contributed by atoms with E-state index in [9.17, 15) is 4.79 Å². The topological polar surface area (TPSA) is 65.1 Å². The van der Waals surface area contributed by atoms with Crippen LogP contribution in [0.2, 0.25) is 0 Å². The van der Waals surface area contributed by atoms with Gasteiger partial charge in [-0.05, 0) is 31.5 Å². The Kier molecular flexibility index (Phi) is 4.50. The van der Waals surface area contributed by atoms with Crippen LogP contribution in [0.15, 0.2) is 30.0 Å². The first kappa shape index (κ1) is 16.2. The second-order valence-electron chi connectivity index (χ2n) is 6.42. The number of benzene rings is 1. The number of fused-ring (bicyclic) bond motifs is 1. The Labute approximate surface area is 150 Å². The lowest BCUT2D eigenvalue weighted by molar-refractivity contribution is 0.0761. The summed E-state index contributed by atoms with van der Waals surface area (Å²) in [4.78, 5) is 30.2. The molecule has 1 aromatic carbocycles. The number of hydrogen-bond acceptors (Lipinski definition) is 5. The van der Waals surface area contributed by atoms with Gasteiger partial charge in [0, 0.05) is 43.2 Å². The van der Waals surface area contributed by atoms with E-state index in [1.165, 1.54) is 4.88 Å². The van der Waals surface area contributed by atoms with Crippen LogP contribution < -0.4 is 0 Å². The number of amides is 1. The SMILES string of the molecule is Cc1ncsc1CN1CCCN(C(=O)c2ccc3nc[nH]c3c2)CC1. The van der Waals surface area contributed by atoms with Crippen molar-refractivity contribution in [3.05, 3.63) is 46.2 Å². The van der Waals surface area contributed by atoms with Crippen LogP contribution in [0.4, 0.5) is 0 Å². The molecule has 0 spiro atoms. The van der Waals surface area contributed by atoms with E-state index in [-0.39, 0.29) is 5.91 Å². The number of aromatic nitrogens is 3. The van der Waals surface area contributed by atoms with Crippen LogP contribution in [0.1, 0.15) is 27.3 Å². The standard InChI is InChI=1S/C18H21N5OS/c1-13-17(25-12-21-13)10-22-5-2-6-23(8-7-22)18(24)14-3-4-15-16(9-14)20-11-19-15/h3-4,9,11-12H,2,5-8,10H2,1H3,(H,19,20). The Bertz CT molecular complexity index is 886. The first-order valence-electron chi connectivity index (χ1n) is 8.54. The highest BCUT2D eigenvalue weighted by molar-refractivity contribution is 7.09. The second kappa shape index (κ2) is 6.93. The number of imidazole rings is 1. The Morgan fingerprint density at radius 1 is 1.24 bits per heavy atom. The number of nitrogens with zero attached hydrogens (tertiary/aromatic N) is 4. The summed E-state index contributed by atoms with van der Waals surface area (Å²) >= 11 is 1.71. The average molecular weight is 355 g/mol. The minimum absolute atomic E-state index is 0.104. The molecular weight excluding hydrogens is 334 g/mol. The third-order valence-corrected chi connectivity index (χ3v) is 5.67. The van der Waals surface area contributed by atoms with Crippen molar-refractivity contribution in [2.75, 3.05) is 26.2 Å². The van der Waals surface area contributed by atoms with E-state index < -0.39 is 0 Å². The van der Waals surface area contributed by atoms with Crippen LogP contribution in [-0.4, -0.2) is 56.8 Å². The predicted octanol–water partition coefficient (Wildman–Crippen LogP) is 2.68. The van der Waals surface area contributed by atoms with Gasteiger partial charge in [0.15, 0.2) is 0 Å². The third-order valence-electron chi connectivity index (χ3n) is 4.75. The fourth-order valence-electron chi connectivity index (χ4n) is 3.26. The molecule has 0 radical (unpaired) electrons. The van der Waals surface area contributed by atoms with Gasteiger partial charge in [-0.1, -0.05) is 0 Å². The number of rotatable bonds is 3. The zero-order valence-electron chi connectivity index (χ0n) is 14.2. The van der Waals surface area contributed by atoms with Crippen molar-refractivity contribution in [2.24, 2.45) is 0 Å². The minimum Gasteiger partial charge on any atom is -0.345 e. The lowest BCUT2D eigenvalue weighted by Crippen LogP contribution is -2.35. The molecule has 1 aliphatic heterocycles. The summed E-state index contributed by atoms with van der Waals surface area (Å²) in [6, 6.07) is 5.67. The largest absolute Gasteiger partial charge is 0.345 e. The van der Waals surface area contributed by atoms with Gasteiger partial charge in [-0.25, -0.2) is 9.97 Å². The van der Waals surface area contributed by atoms with Crippen molar-refractivity contribution < 1.29 is 4.79 Å². The lowest BCUT2D eigenvalue weighted by Gasteiger charge is -2.22. The van der Waals surface area contributed by atoms with Gasteiger partial charge in [0.1, 0.15) is 0 Å². The first-order chi connectivity index (χ1) is 12.2. The lowest BCUT2D eigenvalue weighted by atomic mass is 10.1. The molecule has 1 saturated heterocycles. The highest BCUT2D eigenvalue weighted by Gasteiger charge is 2.21. The molecule has 3 heterocycles. The van der Waals surface area contributed by atoms with Gasteiger partial charge in [-0.3, -0.25) is 9.69 Å². The summed E-state index contributed by atoms with van der Waals surface area (Å²) in [5, 5.41) is 0. The van der Waals surface area contributed by atoms with Gasteiger partial charge in [-0.2, -0.15) is 0 Å². The maximum atomic E-state index is 12.9. The molecule has 6 nitrogen and oxygen atoms in total. The third kappa shape index (κ3) is 3.43. The summed E-state index contributed by atoms with van der Waals surface area (Å²) in [5.41, 5.74) is 5.55. The smallest absolute Gasteiger partial charge is 0.253 e. The van der Waals surface area contributed by atoms with Crippen molar-refractivity contribution >= 4 is 28.3 Å². The zero-order chi connectivity index (χ0) is 17.2. The first-order valence-corrected chi connectivity index (χ1v) is 9.42. The maximum absolute atomic E-state index is 12.9. The van der Waals surface area contributed by atoms with Crippen LogP contribution in [-0.2, 0) is 6.54 Å². The van der Waals surface area contributed by atoms with Gasteiger partial charge in [0.25, 0.3) is 5.91 Å². The molecule has 1 fully saturated rings. The fourth-order valence-corrected chi connectivity index (χ4v) is 4.08. The van der Waals surface area contributed by atoms with Crippen molar-refractivity contribution in [1.29, 1.82) is 0 Å². The van der Waals surface area contributed by atoms with Crippen LogP contribution in [0.5, 0.6) is 0 Å². The summed E-state index contributed by atoms with van der Waals surface area (Å²) in [6.45, 7) is 6.47. The summed E-state index contributed by atoms with van der Waals surface area (Å²) in [5.74, 6) is 0.104. The molecule has 0 unspecified atom stereocenters. The molecule has 1 aliphatic rings. The van der Waals surface area contributed by atoms with Crippen LogP contribution >= 0.6 is 11.3 Å². The monoisotopic (exact) mass is 355 g/mol. The van der Waals surface area contributed by atoms with E-state index in [1.54, 1.807) is 17.7 Å². The molecule has 0 atom stereocenters. The summed E-state index contributed by atoms with van der Waals surface area (Å²) < 4.78 is 0. The van der Waals surface area contributed by atoms with Gasteiger partial charge in [-0.15, -0.1) is 11.3 Å². The quantitative estimate of drug-likeness (QED) is 0.784. The number of aromatic amines is 1. The second-order valence-corrected chi connectivity index (χ2v) is 7.36. The van der Waals surface area contributed by atoms with E-state index >= 15 is 0 Å². The molecule has 1 amide bonds. The molecule has 2 aromatic heterocycles. The van der Waals surface area contributed by atoms with E-state index in [4.69, 9.17) is 0 Å². The molecule has 3 aromatic rings. The highest BCUT2D eigenvalue weighted by atomic mass is 32.1. The van der Waals surface area contributed by atoms with Crippen LogP contribution in [0, 0.1) is 6.92 Å². The van der Waals surface area contributed by atoms with Crippen LogP contribution in [0.3, 0.4) is 0 Å². The number of thiazole rings is 1. The Morgan fingerprint density at radius 3 is 3.00 bits per heavy atom. The van der Waals surface area contributed by atoms with E-state index in [0.717, 1.165) is 61.4 Å². The molecule has 130 valence electrons. The van der Waals surface area contributed by atoms with Crippen molar-refractivity contribution in [3.8, 4) is 0 Å². The predicted molar refractivity (Wildman–Crippen MR) is 98.7 cm³/mol. The Hall–Kier alpha value is -2.25. The van der Waals surface area contributed by atoms with Crippen molar-refractivity contribution in [3.63, 3.8) is 0 Å². The van der Waals surface area contributed by atoms with Crippen molar-refractivity contribution in [1.82, 2.24) is 24.8 Å². The molecule has 4 rings (SSSR count). The summed E-state index contributed by atoms with van der Waals surface area (Å²) in [7, 11) is 0. The fraction of sp³-hybridized carbons (Fsp3) is 0.389. The van der Waals surface area contributed by atoms with E-state index in [1.807, 2.05) is 28.6 Å². The maximum Gasteiger partial charge on any atom is 0.253 e. The zero-order valence-corrected chi connectivity index (χ0v) is 15.1. The molecule has 0 aliphatic carbocycles. The number of H-pyrrole nitrogens is 1. The van der Waals surface area contributed by atoms with E-state index in [2.05, 4.69) is 26.8 Å². The highest BCUT2D eigenvalue weighted by Crippen LogP contribution is 2.18. The molecule has 25 heavy (non-hydrogen) atoms. The molecule has 1 N–H and O–H groups in total. The number of carbonyl (C=O) groups is 1. The molecule has 0 bridgehead atoms. The minimum atomic E-state index is 0.104.